The number of carboxylic acids is 1. The molecule has 2 N–H and O–H groups in total. The van der Waals surface area contributed by atoms with Gasteiger partial charge in [0.1, 0.15) is 0 Å². The highest BCUT2D eigenvalue weighted by molar-refractivity contribution is 9.10. The number of benzene rings is 2. The number of hydrogen-bond acceptors (Lipinski definition) is 2. The third kappa shape index (κ3) is 3.36. The van der Waals surface area contributed by atoms with Crippen molar-refractivity contribution in [2.45, 2.75) is 6.54 Å². The van der Waals surface area contributed by atoms with E-state index in [0.29, 0.717) is 5.56 Å². The Hall–Kier alpha value is -2.02. The van der Waals surface area contributed by atoms with Gasteiger partial charge in [0, 0.05) is 6.54 Å². The van der Waals surface area contributed by atoms with Crippen LogP contribution in [0.3, 0.4) is 0 Å². The molecule has 0 saturated heterocycles. The lowest BCUT2D eigenvalue weighted by Gasteiger charge is -2.10. The molecule has 0 amide bonds. The number of aromatic carboxylic acids is 1. The standard InChI is InChI=1S/C14H9BrF3NO2/c15-12-8(14(20)21)2-4-11(13(12)18)19-6-7-1-3-9(16)10(17)5-7/h1-5,19H,6H2,(H,20,21). The fourth-order valence-electron chi connectivity index (χ4n) is 1.70. The third-order valence-corrected chi connectivity index (χ3v) is 3.55. The van der Waals surface area contributed by atoms with Gasteiger partial charge in [0.15, 0.2) is 17.5 Å². The number of nitrogens with one attached hydrogen (secondary N) is 1. The van der Waals surface area contributed by atoms with Gasteiger partial charge < -0.3 is 10.4 Å². The predicted molar refractivity (Wildman–Crippen MR) is 74.7 cm³/mol. The van der Waals surface area contributed by atoms with Gasteiger partial charge in [-0.05, 0) is 45.8 Å². The Bertz CT molecular complexity index is 707. The van der Waals surface area contributed by atoms with Crippen molar-refractivity contribution in [3.8, 4) is 0 Å². The summed E-state index contributed by atoms with van der Waals surface area (Å²) in [4.78, 5) is 10.8. The summed E-state index contributed by atoms with van der Waals surface area (Å²) in [6.45, 7) is 0.0625. The predicted octanol–water partition coefficient (Wildman–Crippen LogP) is 4.18. The quantitative estimate of drug-likeness (QED) is 0.860. The molecule has 110 valence electrons. The van der Waals surface area contributed by atoms with Gasteiger partial charge in [-0.25, -0.2) is 18.0 Å². The zero-order valence-corrected chi connectivity index (χ0v) is 12.0. The minimum absolute atomic E-state index is 0.0524. The fraction of sp³-hybridized carbons (Fsp3) is 0.0714. The normalized spacial score (nSPS) is 10.5. The zero-order chi connectivity index (χ0) is 15.6. The molecule has 3 nitrogen and oxygen atoms in total. The first-order valence-corrected chi connectivity index (χ1v) is 6.58. The molecular formula is C14H9BrF3NO2. The molecule has 0 unspecified atom stereocenters. The van der Waals surface area contributed by atoms with Crippen molar-refractivity contribution in [2.24, 2.45) is 0 Å². The maximum atomic E-state index is 14.0. The molecule has 0 fully saturated rings. The Kier molecular flexibility index (Phi) is 4.52. The van der Waals surface area contributed by atoms with Gasteiger partial charge in [-0.1, -0.05) is 6.07 Å². The summed E-state index contributed by atoms with van der Waals surface area (Å²) in [5, 5.41) is 11.5. The van der Waals surface area contributed by atoms with Crippen molar-refractivity contribution in [3.63, 3.8) is 0 Å². The number of anilines is 1. The maximum Gasteiger partial charge on any atom is 0.336 e. The van der Waals surface area contributed by atoms with E-state index in [1.807, 2.05) is 0 Å². The Balaban J connectivity index is 2.18. The van der Waals surface area contributed by atoms with Crippen LogP contribution in [0.4, 0.5) is 18.9 Å². The molecule has 0 radical (unpaired) electrons. The average Bonchev–Trinajstić information content (AvgIpc) is 2.43. The molecule has 7 heteroatoms. The van der Waals surface area contributed by atoms with Crippen LogP contribution in [0.25, 0.3) is 0 Å². The fourth-order valence-corrected chi connectivity index (χ4v) is 2.21. The Morgan fingerprint density at radius 1 is 1.14 bits per heavy atom. The van der Waals surface area contributed by atoms with Gasteiger partial charge in [0.05, 0.1) is 15.7 Å². The molecule has 2 aromatic rings. The second kappa shape index (κ2) is 6.17. The molecule has 0 aliphatic carbocycles. The van der Waals surface area contributed by atoms with Gasteiger partial charge in [0.25, 0.3) is 0 Å². The van der Waals surface area contributed by atoms with Crippen LogP contribution < -0.4 is 5.32 Å². The van der Waals surface area contributed by atoms with Crippen molar-refractivity contribution in [1.82, 2.24) is 0 Å². The smallest absolute Gasteiger partial charge is 0.336 e. The van der Waals surface area contributed by atoms with Crippen LogP contribution in [0.5, 0.6) is 0 Å². The molecule has 0 atom stereocenters. The summed E-state index contributed by atoms with van der Waals surface area (Å²) in [5.74, 6) is -3.97. The lowest BCUT2D eigenvalue weighted by molar-refractivity contribution is 0.0695. The van der Waals surface area contributed by atoms with E-state index in [9.17, 15) is 18.0 Å². The first kappa shape index (κ1) is 15.4. The van der Waals surface area contributed by atoms with Crippen LogP contribution in [-0.4, -0.2) is 11.1 Å². The summed E-state index contributed by atoms with van der Waals surface area (Å²) < 4.78 is 39.6. The van der Waals surface area contributed by atoms with Gasteiger partial charge >= 0.3 is 5.97 Å². The second-order valence-corrected chi connectivity index (χ2v) is 4.99. The van der Waals surface area contributed by atoms with E-state index in [0.717, 1.165) is 12.1 Å². The van der Waals surface area contributed by atoms with E-state index < -0.39 is 23.4 Å². The monoisotopic (exact) mass is 359 g/mol. The van der Waals surface area contributed by atoms with Crippen molar-refractivity contribution in [2.75, 3.05) is 5.32 Å². The van der Waals surface area contributed by atoms with Gasteiger partial charge in [-0.3, -0.25) is 0 Å². The second-order valence-electron chi connectivity index (χ2n) is 4.20. The van der Waals surface area contributed by atoms with E-state index >= 15 is 0 Å². The highest BCUT2D eigenvalue weighted by Crippen LogP contribution is 2.27. The van der Waals surface area contributed by atoms with Crippen LogP contribution >= 0.6 is 15.9 Å². The van der Waals surface area contributed by atoms with Crippen molar-refractivity contribution < 1.29 is 23.1 Å². The number of rotatable bonds is 4. The van der Waals surface area contributed by atoms with Crippen molar-refractivity contribution in [3.05, 3.63) is 63.4 Å². The first-order chi connectivity index (χ1) is 9.90. The summed E-state index contributed by atoms with van der Waals surface area (Å²) in [6.07, 6.45) is 0. The largest absolute Gasteiger partial charge is 0.478 e. The van der Waals surface area contributed by atoms with Gasteiger partial charge in [-0.15, -0.1) is 0 Å². The molecule has 2 aromatic carbocycles. The molecule has 21 heavy (non-hydrogen) atoms. The summed E-state index contributed by atoms with van der Waals surface area (Å²) >= 11 is 2.87. The summed E-state index contributed by atoms with van der Waals surface area (Å²) in [6, 6.07) is 5.85. The first-order valence-electron chi connectivity index (χ1n) is 5.79. The van der Waals surface area contributed by atoms with E-state index in [1.165, 1.54) is 18.2 Å². The molecule has 0 saturated carbocycles. The zero-order valence-electron chi connectivity index (χ0n) is 10.5. The number of carboxylic acid groups (broad SMARTS) is 1. The highest BCUT2D eigenvalue weighted by atomic mass is 79.9. The Morgan fingerprint density at radius 3 is 2.48 bits per heavy atom. The number of carbonyl (C=O) groups is 1. The molecule has 2 rings (SSSR count). The van der Waals surface area contributed by atoms with Gasteiger partial charge in [-0.2, -0.15) is 0 Å². The van der Waals surface area contributed by atoms with Crippen LogP contribution in [0.1, 0.15) is 15.9 Å². The maximum absolute atomic E-state index is 14.0. The average molecular weight is 360 g/mol. The van der Waals surface area contributed by atoms with Crippen LogP contribution in [-0.2, 0) is 6.54 Å². The number of halogens is 4. The van der Waals surface area contributed by atoms with Crippen LogP contribution in [0.2, 0.25) is 0 Å². The molecule has 0 aliphatic rings. The molecule has 0 aromatic heterocycles. The summed E-state index contributed by atoms with van der Waals surface area (Å²) in [5.41, 5.74) is 0.272. The van der Waals surface area contributed by atoms with E-state index in [2.05, 4.69) is 21.2 Å². The topological polar surface area (TPSA) is 49.3 Å². The molecule has 0 spiro atoms. The minimum Gasteiger partial charge on any atom is -0.478 e. The van der Waals surface area contributed by atoms with E-state index in [-0.39, 0.29) is 22.3 Å². The third-order valence-electron chi connectivity index (χ3n) is 2.78. The lowest BCUT2D eigenvalue weighted by atomic mass is 10.1. The molecule has 0 bridgehead atoms. The van der Waals surface area contributed by atoms with E-state index in [1.54, 1.807) is 0 Å². The van der Waals surface area contributed by atoms with Crippen molar-refractivity contribution in [1.29, 1.82) is 0 Å². The minimum atomic E-state index is -1.26. The molecule has 0 heterocycles. The molecule has 0 aliphatic heterocycles. The highest BCUT2D eigenvalue weighted by Gasteiger charge is 2.15. The number of hydrogen-bond donors (Lipinski definition) is 2. The Labute approximate surface area is 126 Å². The van der Waals surface area contributed by atoms with Crippen LogP contribution in [0.15, 0.2) is 34.8 Å². The van der Waals surface area contributed by atoms with E-state index in [4.69, 9.17) is 5.11 Å². The SMILES string of the molecule is O=C(O)c1ccc(NCc2ccc(F)c(F)c2)c(F)c1Br. The van der Waals surface area contributed by atoms with Gasteiger partial charge in [0.2, 0.25) is 0 Å². The molecular weight excluding hydrogens is 351 g/mol. The summed E-state index contributed by atoms with van der Waals surface area (Å²) in [7, 11) is 0. The van der Waals surface area contributed by atoms with Crippen molar-refractivity contribution >= 4 is 27.6 Å². The Morgan fingerprint density at radius 2 is 1.86 bits per heavy atom. The van der Waals surface area contributed by atoms with Crippen LogP contribution in [0, 0.1) is 17.5 Å². The lowest BCUT2D eigenvalue weighted by Crippen LogP contribution is -2.05.